The number of carbonyl (C=O) groups is 2. The predicted octanol–water partition coefficient (Wildman–Crippen LogP) is 2.59. The number of hydrazine groups is 1. The van der Waals surface area contributed by atoms with Crippen molar-refractivity contribution in [1.82, 2.24) is 9.91 Å². The highest BCUT2D eigenvalue weighted by molar-refractivity contribution is 6.08. The maximum Gasteiger partial charge on any atom is 0.249 e. The number of aliphatic hydroxyl groups is 1. The summed E-state index contributed by atoms with van der Waals surface area (Å²) in [4.78, 5) is 26.7. The van der Waals surface area contributed by atoms with E-state index in [9.17, 15) is 14.7 Å². The number of hydrogen-bond donors (Lipinski definition) is 2. The number of nitrogens with zero attached hydrogens (tertiary/aromatic N) is 2. The van der Waals surface area contributed by atoms with E-state index >= 15 is 0 Å². The molecular formula is C24H29N3O3. The van der Waals surface area contributed by atoms with E-state index in [1.165, 1.54) is 18.4 Å². The van der Waals surface area contributed by atoms with Crippen molar-refractivity contribution >= 4 is 17.5 Å². The van der Waals surface area contributed by atoms with Crippen LogP contribution in [0.15, 0.2) is 54.1 Å². The maximum absolute atomic E-state index is 12.9. The van der Waals surface area contributed by atoms with Gasteiger partial charge in [-0.15, -0.1) is 0 Å². The van der Waals surface area contributed by atoms with E-state index in [-0.39, 0.29) is 11.8 Å². The van der Waals surface area contributed by atoms with Crippen molar-refractivity contribution in [2.24, 2.45) is 23.2 Å². The third kappa shape index (κ3) is 2.77. The van der Waals surface area contributed by atoms with Crippen LogP contribution >= 0.6 is 0 Å². The van der Waals surface area contributed by atoms with Gasteiger partial charge in [-0.05, 0) is 47.8 Å². The number of likely N-dealkylation sites (N-methyl/N-ethyl adjacent to an activating group) is 1. The summed E-state index contributed by atoms with van der Waals surface area (Å²) < 4.78 is 0. The minimum absolute atomic E-state index is 0.200. The zero-order chi connectivity index (χ0) is 21.2. The lowest BCUT2D eigenvalue weighted by Gasteiger charge is -2.56. The molecule has 0 spiro atoms. The van der Waals surface area contributed by atoms with E-state index in [2.05, 4.69) is 25.3 Å². The number of allylic oxidation sites excluding steroid dienone is 1. The number of nitrogens with one attached hydrogen (secondary N) is 1. The average molecular weight is 408 g/mol. The molecule has 1 saturated heterocycles. The Morgan fingerprint density at radius 1 is 1.13 bits per heavy atom. The minimum atomic E-state index is -0.728. The molecule has 0 aromatic heterocycles. The molecule has 30 heavy (non-hydrogen) atoms. The van der Waals surface area contributed by atoms with Crippen LogP contribution in [0, 0.1) is 23.2 Å². The third-order valence-electron chi connectivity index (χ3n) is 7.86. The Bertz CT molecular complexity index is 938. The quantitative estimate of drug-likeness (QED) is 0.593. The number of carbonyl (C=O) groups excluding carboxylic acids is 2. The van der Waals surface area contributed by atoms with Gasteiger partial charge in [-0.2, -0.15) is 0 Å². The van der Waals surface area contributed by atoms with Crippen LogP contribution in [0.4, 0.5) is 5.69 Å². The van der Waals surface area contributed by atoms with Gasteiger partial charge < -0.3 is 10.5 Å². The summed E-state index contributed by atoms with van der Waals surface area (Å²) >= 11 is 0. The molecule has 158 valence electrons. The highest BCUT2D eigenvalue weighted by Crippen LogP contribution is 2.58. The van der Waals surface area contributed by atoms with Gasteiger partial charge in [0.05, 0.1) is 18.1 Å². The molecule has 6 atom stereocenters. The lowest BCUT2D eigenvalue weighted by Crippen LogP contribution is -2.58. The van der Waals surface area contributed by atoms with Gasteiger partial charge in [0.2, 0.25) is 11.8 Å². The van der Waals surface area contributed by atoms with Crippen LogP contribution in [0.3, 0.4) is 0 Å². The number of hydrogen-bond acceptors (Lipinski definition) is 5. The fourth-order valence-electron chi connectivity index (χ4n) is 5.61. The van der Waals surface area contributed by atoms with Crippen LogP contribution in [0.5, 0.6) is 0 Å². The number of likely N-dealkylation sites (tertiary alicyclic amines) is 1. The Balaban J connectivity index is 1.48. The van der Waals surface area contributed by atoms with Gasteiger partial charge in [0, 0.05) is 12.7 Å². The van der Waals surface area contributed by atoms with E-state index in [1.54, 1.807) is 11.1 Å². The van der Waals surface area contributed by atoms with Crippen LogP contribution in [0.25, 0.3) is 0 Å². The summed E-state index contributed by atoms with van der Waals surface area (Å²) in [5.74, 6) is 0.117. The average Bonchev–Trinajstić information content (AvgIpc) is 2.98. The third-order valence-corrected chi connectivity index (χ3v) is 7.86. The number of benzene rings is 1. The van der Waals surface area contributed by atoms with Crippen molar-refractivity contribution in [3.05, 3.63) is 54.1 Å². The molecule has 2 heterocycles. The normalized spacial score (nSPS) is 35.5. The molecule has 0 radical (unpaired) electrons. The first-order valence-electron chi connectivity index (χ1n) is 10.8. The van der Waals surface area contributed by atoms with Gasteiger partial charge in [-0.3, -0.25) is 14.5 Å². The van der Waals surface area contributed by atoms with Gasteiger partial charge in [0.15, 0.2) is 0 Å². The van der Waals surface area contributed by atoms with Gasteiger partial charge in [-0.1, -0.05) is 50.3 Å². The summed E-state index contributed by atoms with van der Waals surface area (Å²) in [7, 11) is 1.53. The largest absolute Gasteiger partial charge is 0.387 e. The fourth-order valence-corrected chi connectivity index (χ4v) is 5.61. The van der Waals surface area contributed by atoms with Crippen molar-refractivity contribution in [1.29, 1.82) is 0 Å². The van der Waals surface area contributed by atoms with E-state index < -0.39 is 24.1 Å². The van der Waals surface area contributed by atoms with E-state index in [1.807, 2.05) is 36.4 Å². The number of para-hydroxylation sites is 1. The molecule has 1 aromatic rings. The molecule has 6 nitrogen and oxygen atoms in total. The first-order chi connectivity index (χ1) is 14.3. The molecule has 2 N–H and O–H groups in total. The molecule has 6 heteroatoms. The topological polar surface area (TPSA) is 72.9 Å². The molecule has 2 aliphatic heterocycles. The maximum atomic E-state index is 12.9. The molecule has 1 aromatic carbocycles. The van der Waals surface area contributed by atoms with Gasteiger partial charge in [-0.25, -0.2) is 5.01 Å². The molecule has 2 amide bonds. The van der Waals surface area contributed by atoms with Crippen LogP contribution in [0.2, 0.25) is 0 Å². The predicted molar refractivity (Wildman–Crippen MR) is 114 cm³/mol. The van der Waals surface area contributed by atoms with E-state index in [0.29, 0.717) is 17.3 Å². The van der Waals surface area contributed by atoms with Crippen molar-refractivity contribution < 1.29 is 14.7 Å². The lowest BCUT2D eigenvalue weighted by atomic mass is 9.49. The number of fused-ring (bicyclic) bond motifs is 2. The van der Waals surface area contributed by atoms with Crippen LogP contribution in [-0.2, 0) is 9.59 Å². The Hall–Kier alpha value is -2.44. The summed E-state index contributed by atoms with van der Waals surface area (Å²) in [6.07, 6.45) is 7.29. The van der Waals surface area contributed by atoms with Crippen molar-refractivity contribution in [2.75, 3.05) is 12.5 Å². The number of anilines is 1. The first-order valence-corrected chi connectivity index (χ1v) is 10.8. The van der Waals surface area contributed by atoms with Crippen molar-refractivity contribution in [3.8, 4) is 0 Å². The molecule has 3 aliphatic carbocycles. The molecule has 6 rings (SSSR count). The van der Waals surface area contributed by atoms with Crippen molar-refractivity contribution in [3.63, 3.8) is 0 Å². The second-order valence-corrected chi connectivity index (χ2v) is 9.72. The number of amides is 2. The molecule has 2 fully saturated rings. The number of rotatable bonds is 4. The zero-order valence-electron chi connectivity index (χ0n) is 17.7. The molecule has 2 bridgehead atoms. The van der Waals surface area contributed by atoms with Crippen LogP contribution < -0.4 is 5.43 Å². The number of aliphatic hydroxyl groups excluding tert-OH is 1. The number of imide groups is 1. The SMILES string of the molecule is CN1C(=O)C2C=CC(C(O)C3=C[C@H]4C[C@@H](C3)C4(C)C)N(Nc3ccccc3)C2C1=O. The highest BCUT2D eigenvalue weighted by atomic mass is 16.3. The zero-order valence-corrected chi connectivity index (χ0v) is 17.7. The van der Waals surface area contributed by atoms with Crippen molar-refractivity contribution in [2.45, 2.75) is 44.9 Å². The second-order valence-electron chi connectivity index (χ2n) is 9.72. The fraction of sp³-hybridized carbons (Fsp3) is 0.500. The Labute approximate surface area is 177 Å². The summed E-state index contributed by atoms with van der Waals surface area (Å²) in [6.45, 7) is 4.61. The van der Waals surface area contributed by atoms with Gasteiger partial charge in [0.1, 0.15) is 6.04 Å². The smallest absolute Gasteiger partial charge is 0.249 e. The summed E-state index contributed by atoms with van der Waals surface area (Å²) in [5, 5.41) is 13.2. The monoisotopic (exact) mass is 407 g/mol. The van der Waals surface area contributed by atoms with E-state index in [4.69, 9.17) is 0 Å². The lowest BCUT2D eigenvalue weighted by molar-refractivity contribution is -0.138. The summed E-state index contributed by atoms with van der Waals surface area (Å²) in [5.41, 5.74) is 5.50. The first kappa shape index (κ1) is 19.5. The molecule has 4 unspecified atom stereocenters. The van der Waals surface area contributed by atoms with Crippen LogP contribution in [-0.4, -0.2) is 52.1 Å². The minimum Gasteiger partial charge on any atom is -0.387 e. The standard InChI is InChI=1S/C24H29N3O3/c1-24(2)15-11-14(12-16(24)13-15)21(28)19-10-9-18-20(23(30)26(3)22(18)29)27(19)25-17-7-5-4-6-8-17/h4-11,15-16,18-21,25,28H,12-13H2,1-3H3/t15-,16+,18?,19?,20?,21?/m0/s1. The van der Waals surface area contributed by atoms with Gasteiger partial charge in [0.25, 0.3) is 0 Å². The Kier molecular flexibility index (Phi) is 4.42. The Morgan fingerprint density at radius 2 is 1.87 bits per heavy atom. The van der Waals surface area contributed by atoms with Crippen LogP contribution in [0.1, 0.15) is 26.7 Å². The molecule has 1 saturated carbocycles. The molecule has 5 aliphatic rings. The molecular weight excluding hydrogens is 378 g/mol. The second kappa shape index (κ2) is 6.79. The van der Waals surface area contributed by atoms with E-state index in [0.717, 1.165) is 17.7 Å². The highest BCUT2D eigenvalue weighted by Gasteiger charge is 2.54. The summed E-state index contributed by atoms with van der Waals surface area (Å²) in [6, 6.07) is 8.49. The Morgan fingerprint density at radius 3 is 2.50 bits per heavy atom. The van der Waals surface area contributed by atoms with Gasteiger partial charge >= 0.3 is 0 Å².